The van der Waals surface area contributed by atoms with Gasteiger partial charge >= 0.3 is 18.0 Å². The van der Waals surface area contributed by atoms with Crippen molar-refractivity contribution >= 4 is 18.0 Å². The lowest BCUT2D eigenvalue weighted by atomic mass is 9.72. The van der Waals surface area contributed by atoms with Gasteiger partial charge in [-0.3, -0.25) is 20.0 Å². The second kappa shape index (κ2) is 12.8. The summed E-state index contributed by atoms with van der Waals surface area (Å²) in [6.45, 7) is 4.55. The van der Waals surface area contributed by atoms with Gasteiger partial charge < -0.3 is 24.6 Å². The maximum atomic E-state index is 12.3. The van der Waals surface area contributed by atoms with Crippen molar-refractivity contribution < 1.29 is 49.0 Å². The van der Waals surface area contributed by atoms with E-state index in [0.717, 1.165) is 32.1 Å². The van der Waals surface area contributed by atoms with E-state index >= 15 is 0 Å². The van der Waals surface area contributed by atoms with Gasteiger partial charge in [-0.1, -0.05) is 19.3 Å². The molecule has 0 spiro atoms. The molecular formula is C19H34N2O10. The smallest absolute Gasteiger partial charge is 0.410 e. The second-order valence-corrected chi connectivity index (χ2v) is 8.39. The topological polar surface area (TPSA) is 164 Å². The molecule has 0 bridgehead atoms. The van der Waals surface area contributed by atoms with Crippen LogP contribution in [-0.2, 0) is 28.6 Å². The summed E-state index contributed by atoms with van der Waals surface area (Å²) in [4.78, 5) is 39.9. The molecule has 1 saturated carbocycles. The van der Waals surface area contributed by atoms with Crippen molar-refractivity contribution in [2.75, 3.05) is 26.4 Å². The number of alkyl carbamates (subject to hydrolysis) is 1. The minimum atomic E-state index is -1.16. The van der Waals surface area contributed by atoms with E-state index in [1.165, 1.54) is 6.92 Å². The fourth-order valence-corrected chi connectivity index (χ4v) is 3.39. The van der Waals surface area contributed by atoms with Gasteiger partial charge in [0.2, 0.25) is 6.29 Å². The molecule has 0 aromatic rings. The number of carbonyl (C=O) groups excluding carboxylic acids is 2. The Morgan fingerprint density at radius 3 is 2.32 bits per heavy atom. The minimum Gasteiger partial charge on any atom is -0.481 e. The van der Waals surface area contributed by atoms with Gasteiger partial charge in [0.25, 0.3) is 0 Å². The summed E-state index contributed by atoms with van der Waals surface area (Å²) >= 11 is 0. The van der Waals surface area contributed by atoms with Gasteiger partial charge in [0.1, 0.15) is 0 Å². The maximum Gasteiger partial charge on any atom is 0.410 e. The fourth-order valence-electron chi connectivity index (χ4n) is 3.39. The molecule has 4 N–H and O–H groups in total. The van der Waals surface area contributed by atoms with Crippen molar-refractivity contribution in [2.24, 2.45) is 10.8 Å². The van der Waals surface area contributed by atoms with Gasteiger partial charge in [-0.15, -0.1) is 0 Å². The minimum absolute atomic E-state index is 0.000875. The first kappa shape index (κ1) is 27.0. The lowest BCUT2D eigenvalue weighted by Gasteiger charge is -2.36. The molecule has 1 amide bonds. The summed E-state index contributed by atoms with van der Waals surface area (Å²) in [7, 11) is 0. The number of ether oxygens (including phenoxy) is 3. The summed E-state index contributed by atoms with van der Waals surface area (Å²) in [5.74, 6) is -1.56. The standard InChI is InChI=1S/C19H34N2O10/c1-14(30-16(24)18(2,3)13-28-9-10-29-21(26)27)31-17(25)20-12-19(11-15(22)23)7-5-4-6-8-19/h14,26-27H,4-13H2,1-3H3,(H,20,25)(H,22,23). The molecule has 180 valence electrons. The highest BCUT2D eigenvalue weighted by Gasteiger charge is 2.35. The number of carbonyl (C=O) groups is 3. The highest BCUT2D eigenvalue weighted by molar-refractivity contribution is 5.76. The third-order valence-electron chi connectivity index (χ3n) is 5.04. The number of aliphatic carboxylic acids is 1. The van der Waals surface area contributed by atoms with Gasteiger partial charge in [0.15, 0.2) is 0 Å². The van der Waals surface area contributed by atoms with Crippen LogP contribution in [0.3, 0.4) is 0 Å². The van der Waals surface area contributed by atoms with Crippen LogP contribution in [0.1, 0.15) is 59.3 Å². The number of hydrogen-bond acceptors (Lipinski definition) is 10. The number of rotatable bonds is 13. The Morgan fingerprint density at radius 2 is 1.74 bits per heavy atom. The lowest BCUT2D eigenvalue weighted by Crippen LogP contribution is -2.42. The van der Waals surface area contributed by atoms with Gasteiger partial charge in [-0.2, -0.15) is 0 Å². The molecule has 12 nitrogen and oxygen atoms in total. The van der Waals surface area contributed by atoms with E-state index in [4.69, 9.17) is 24.6 Å². The van der Waals surface area contributed by atoms with E-state index in [-0.39, 0.29) is 32.8 Å². The maximum absolute atomic E-state index is 12.3. The molecule has 1 rings (SSSR count). The summed E-state index contributed by atoms with van der Waals surface area (Å²) in [5.41, 5.74) is -1.55. The first-order chi connectivity index (χ1) is 14.5. The van der Waals surface area contributed by atoms with Crippen LogP contribution < -0.4 is 5.32 Å². The Bertz CT molecular complexity index is 590. The van der Waals surface area contributed by atoms with Gasteiger partial charge in [0.05, 0.1) is 37.0 Å². The number of carboxylic acids is 1. The van der Waals surface area contributed by atoms with E-state index in [0.29, 0.717) is 0 Å². The molecule has 1 aliphatic rings. The summed E-state index contributed by atoms with van der Waals surface area (Å²) in [6, 6.07) is 0. The normalized spacial score (nSPS) is 17.1. The quantitative estimate of drug-likeness (QED) is 0.140. The predicted molar refractivity (Wildman–Crippen MR) is 104 cm³/mol. The van der Waals surface area contributed by atoms with Crippen molar-refractivity contribution in [3.8, 4) is 0 Å². The average Bonchev–Trinajstić information content (AvgIpc) is 2.66. The predicted octanol–water partition coefficient (Wildman–Crippen LogP) is 2.08. The molecule has 0 radical (unpaired) electrons. The molecule has 1 atom stereocenters. The molecular weight excluding hydrogens is 416 g/mol. The van der Waals surface area contributed by atoms with E-state index < -0.39 is 40.5 Å². The van der Waals surface area contributed by atoms with Crippen LogP contribution in [0.2, 0.25) is 0 Å². The number of nitrogens with zero attached hydrogens (tertiary/aromatic N) is 1. The largest absolute Gasteiger partial charge is 0.481 e. The molecule has 0 heterocycles. The Morgan fingerprint density at radius 1 is 1.10 bits per heavy atom. The fraction of sp³-hybridized carbons (Fsp3) is 0.842. The van der Waals surface area contributed by atoms with Gasteiger partial charge in [-0.05, 0) is 32.1 Å². The average molecular weight is 450 g/mol. The van der Waals surface area contributed by atoms with Crippen LogP contribution in [0.15, 0.2) is 0 Å². The first-order valence-corrected chi connectivity index (χ1v) is 10.2. The van der Waals surface area contributed by atoms with Gasteiger partial charge in [-0.25, -0.2) is 9.63 Å². The van der Waals surface area contributed by atoms with Crippen LogP contribution in [0.4, 0.5) is 4.79 Å². The molecule has 1 unspecified atom stereocenters. The van der Waals surface area contributed by atoms with E-state index in [9.17, 15) is 19.5 Å². The number of hydrogen-bond donors (Lipinski definition) is 4. The molecule has 1 aliphatic carbocycles. The van der Waals surface area contributed by atoms with Crippen molar-refractivity contribution in [1.29, 1.82) is 0 Å². The number of nitrogens with one attached hydrogen (secondary N) is 1. The van der Waals surface area contributed by atoms with Crippen molar-refractivity contribution in [1.82, 2.24) is 10.7 Å². The van der Waals surface area contributed by atoms with Crippen LogP contribution in [0.25, 0.3) is 0 Å². The lowest BCUT2D eigenvalue weighted by molar-refractivity contribution is -0.493. The molecule has 12 heteroatoms. The van der Waals surface area contributed by atoms with Crippen molar-refractivity contribution in [2.45, 2.75) is 65.6 Å². The Hall–Kier alpha value is -1.99. The number of carboxylic acid groups (broad SMARTS) is 1. The zero-order valence-corrected chi connectivity index (χ0v) is 18.3. The van der Waals surface area contributed by atoms with Gasteiger partial charge in [0, 0.05) is 13.5 Å². The Labute approximate surface area is 181 Å². The van der Waals surface area contributed by atoms with Crippen molar-refractivity contribution in [3.63, 3.8) is 0 Å². The first-order valence-electron chi connectivity index (χ1n) is 10.2. The zero-order chi connectivity index (χ0) is 23.5. The third kappa shape index (κ3) is 10.7. The summed E-state index contributed by atoms with van der Waals surface area (Å²) in [6.07, 6.45) is 2.35. The van der Waals surface area contributed by atoms with E-state index in [1.54, 1.807) is 13.8 Å². The highest BCUT2D eigenvalue weighted by Crippen LogP contribution is 2.38. The van der Waals surface area contributed by atoms with E-state index in [2.05, 4.69) is 10.2 Å². The monoisotopic (exact) mass is 450 g/mol. The Kier molecular flexibility index (Phi) is 11.1. The molecule has 0 aromatic heterocycles. The Balaban J connectivity index is 2.40. The number of esters is 1. The van der Waals surface area contributed by atoms with Crippen LogP contribution in [-0.4, -0.2) is 71.6 Å². The SMILES string of the molecule is CC(OC(=O)NCC1(CC(=O)O)CCCCC1)OC(=O)C(C)(C)COCCON(O)O. The summed E-state index contributed by atoms with van der Waals surface area (Å²) in [5, 5.41) is 28.1. The summed E-state index contributed by atoms with van der Waals surface area (Å²) < 4.78 is 15.4. The van der Waals surface area contributed by atoms with Crippen LogP contribution >= 0.6 is 0 Å². The number of amides is 1. The van der Waals surface area contributed by atoms with Crippen molar-refractivity contribution in [3.05, 3.63) is 0 Å². The third-order valence-corrected chi connectivity index (χ3v) is 5.04. The van der Waals surface area contributed by atoms with Crippen LogP contribution in [0.5, 0.6) is 0 Å². The zero-order valence-electron chi connectivity index (χ0n) is 18.3. The highest BCUT2D eigenvalue weighted by atomic mass is 17.1. The van der Waals surface area contributed by atoms with Crippen LogP contribution in [0, 0.1) is 10.8 Å². The molecule has 0 saturated heterocycles. The molecule has 0 aliphatic heterocycles. The van der Waals surface area contributed by atoms with E-state index in [1.807, 2.05) is 0 Å². The molecule has 0 aromatic carbocycles. The second-order valence-electron chi connectivity index (χ2n) is 8.39. The molecule has 31 heavy (non-hydrogen) atoms. The molecule has 1 fully saturated rings.